The Hall–Kier alpha value is -1.92. The molecule has 1 rings (SSSR count). The number of ether oxygens (including phenoxy) is 2. The summed E-state index contributed by atoms with van der Waals surface area (Å²) >= 11 is 0. The van der Waals surface area contributed by atoms with Crippen LogP contribution in [0.1, 0.15) is 40.2 Å². The van der Waals surface area contributed by atoms with Gasteiger partial charge in [0, 0.05) is 31.2 Å². The molecule has 134 valence electrons. The van der Waals surface area contributed by atoms with Gasteiger partial charge in [-0.25, -0.2) is 0 Å². The molecule has 6 heteroatoms. The van der Waals surface area contributed by atoms with E-state index in [1.165, 1.54) is 14.2 Å². The average Bonchev–Trinajstić information content (AvgIpc) is 2.51. The maximum Gasteiger partial charge on any atom is 0.253 e. The van der Waals surface area contributed by atoms with Crippen molar-refractivity contribution in [2.45, 2.75) is 52.2 Å². The van der Waals surface area contributed by atoms with Gasteiger partial charge in [0.25, 0.3) is 11.8 Å². The van der Waals surface area contributed by atoms with Crippen LogP contribution in [0.2, 0.25) is 0 Å². The van der Waals surface area contributed by atoms with Gasteiger partial charge in [0.2, 0.25) is 0 Å². The number of carbonyl (C=O) groups is 2. The van der Waals surface area contributed by atoms with Gasteiger partial charge in [0.15, 0.2) is 0 Å². The monoisotopic (exact) mass is 336 g/mol. The molecule has 0 spiro atoms. The van der Waals surface area contributed by atoms with E-state index in [1.807, 2.05) is 32.9 Å². The van der Waals surface area contributed by atoms with E-state index in [0.717, 1.165) is 5.56 Å². The minimum absolute atomic E-state index is 0.239. The van der Waals surface area contributed by atoms with E-state index in [-0.39, 0.29) is 17.2 Å². The highest BCUT2D eigenvalue weighted by molar-refractivity contribution is 5.99. The molecule has 0 saturated heterocycles. The molecule has 0 radical (unpaired) electrons. The molecule has 0 unspecified atom stereocenters. The van der Waals surface area contributed by atoms with Crippen LogP contribution in [0.25, 0.3) is 0 Å². The first-order valence-corrected chi connectivity index (χ1v) is 7.92. The van der Waals surface area contributed by atoms with Crippen molar-refractivity contribution < 1.29 is 19.1 Å². The number of rotatable bonds is 6. The van der Waals surface area contributed by atoms with Gasteiger partial charge >= 0.3 is 0 Å². The van der Waals surface area contributed by atoms with Crippen molar-refractivity contribution >= 4 is 23.2 Å². The largest absolute Gasteiger partial charge is 0.372 e. The van der Waals surface area contributed by atoms with E-state index in [9.17, 15) is 9.59 Å². The highest BCUT2D eigenvalue weighted by atomic mass is 16.5. The van der Waals surface area contributed by atoms with Crippen molar-refractivity contribution in [3.05, 3.63) is 23.8 Å². The van der Waals surface area contributed by atoms with Crippen LogP contribution in [0.3, 0.4) is 0 Å². The Bertz CT molecular complexity index is 551. The lowest BCUT2D eigenvalue weighted by molar-refractivity contribution is -0.125. The van der Waals surface area contributed by atoms with Crippen LogP contribution in [0, 0.1) is 0 Å². The summed E-state index contributed by atoms with van der Waals surface area (Å²) in [4.78, 5) is 24.3. The highest BCUT2D eigenvalue weighted by Crippen LogP contribution is 2.36. The Labute approximate surface area is 143 Å². The molecule has 2 N–H and O–H groups in total. The summed E-state index contributed by atoms with van der Waals surface area (Å²) in [6.07, 6.45) is -1.13. The topological polar surface area (TPSA) is 76.7 Å². The van der Waals surface area contributed by atoms with Gasteiger partial charge in [-0.1, -0.05) is 26.8 Å². The standard InChI is InChI=1S/C18H28N2O4/c1-11(23-6)16(21)19-13-9-8-10-14(15(13)18(3,4)5)20-17(22)12(2)24-7/h8-12H,1-7H3,(H,19,21)(H,20,22)/t11-,12-/m0/s1. The molecule has 2 atom stereocenters. The second kappa shape index (κ2) is 8.26. The third-order valence-corrected chi connectivity index (χ3v) is 3.78. The fourth-order valence-corrected chi connectivity index (χ4v) is 2.25. The van der Waals surface area contributed by atoms with Gasteiger partial charge in [-0.3, -0.25) is 9.59 Å². The zero-order valence-electron chi connectivity index (χ0n) is 15.5. The number of methoxy groups -OCH3 is 2. The predicted molar refractivity (Wildman–Crippen MR) is 95.3 cm³/mol. The number of anilines is 2. The molecule has 0 heterocycles. The molecule has 6 nitrogen and oxygen atoms in total. The smallest absolute Gasteiger partial charge is 0.253 e. The van der Waals surface area contributed by atoms with Crippen LogP contribution in [-0.4, -0.2) is 38.2 Å². The van der Waals surface area contributed by atoms with Crippen molar-refractivity contribution in [3.8, 4) is 0 Å². The Morgan fingerprint density at radius 3 is 1.58 bits per heavy atom. The van der Waals surface area contributed by atoms with Gasteiger partial charge in [0.05, 0.1) is 0 Å². The van der Waals surface area contributed by atoms with Gasteiger partial charge in [-0.15, -0.1) is 0 Å². The third kappa shape index (κ3) is 5.04. The van der Waals surface area contributed by atoms with Crippen molar-refractivity contribution in [1.82, 2.24) is 0 Å². The minimum Gasteiger partial charge on any atom is -0.372 e. The Kier molecular flexibility index (Phi) is 6.93. The lowest BCUT2D eigenvalue weighted by atomic mass is 9.84. The number of carbonyl (C=O) groups excluding carboxylic acids is 2. The second-order valence-electron chi connectivity index (χ2n) is 6.71. The third-order valence-electron chi connectivity index (χ3n) is 3.78. The first-order valence-electron chi connectivity index (χ1n) is 7.92. The Morgan fingerprint density at radius 2 is 1.29 bits per heavy atom. The van der Waals surface area contributed by atoms with E-state index in [1.54, 1.807) is 19.9 Å². The summed E-state index contributed by atoms with van der Waals surface area (Å²) in [5.74, 6) is -0.478. The van der Waals surface area contributed by atoms with E-state index in [2.05, 4.69) is 10.6 Å². The first kappa shape index (κ1) is 20.1. The molecule has 0 aliphatic heterocycles. The predicted octanol–water partition coefficient (Wildman–Crippen LogP) is 2.93. The molecule has 0 aliphatic rings. The van der Waals surface area contributed by atoms with Gasteiger partial charge in [-0.05, 0) is 31.4 Å². The van der Waals surface area contributed by atoms with E-state index >= 15 is 0 Å². The maximum atomic E-state index is 12.2. The van der Waals surface area contributed by atoms with E-state index < -0.39 is 12.2 Å². The molecule has 0 saturated carbocycles. The van der Waals surface area contributed by atoms with Crippen LogP contribution < -0.4 is 10.6 Å². The summed E-state index contributed by atoms with van der Waals surface area (Å²) in [5, 5.41) is 5.76. The molecule has 0 bridgehead atoms. The zero-order chi connectivity index (χ0) is 18.5. The molecular weight excluding hydrogens is 308 g/mol. The first-order chi connectivity index (χ1) is 11.1. The SMILES string of the molecule is CO[C@@H](C)C(=O)Nc1cccc(NC(=O)[C@H](C)OC)c1C(C)(C)C. The van der Waals surface area contributed by atoms with E-state index in [0.29, 0.717) is 11.4 Å². The quantitative estimate of drug-likeness (QED) is 0.837. The summed E-state index contributed by atoms with van der Waals surface area (Å²) in [6, 6.07) is 5.42. The van der Waals surface area contributed by atoms with Crippen LogP contribution in [0.4, 0.5) is 11.4 Å². The van der Waals surface area contributed by atoms with Crippen molar-refractivity contribution in [1.29, 1.82) is 0 Å². The fourth-order valence-electron chi connectivity index (χ4n) is 2.25. The molecule has 1 aromatic rings. The van der Waals surface area contributed by atoms with Gasteiger partial charge in [0.1, 0.15) is 12.2 Å². The summed E-state index contributed by atoms with van der Waals surface area (Å²) in [6.45, 7) is 9.42. The Balaban J connectivity index is 3.24. The van der Waals surface area contributed by atoms with Gasteiger partial charge in [-0.2, -0.15) is 0 Å². The number of benzene rings is 1. The van der Waals surface area contributed by atoms with Crippen LogP contribution in [-0.2, 0) is 24.5 Å². The van der Waals surface area contributed by atoms with Crippen LogP contribution in [0.15, 0.2) is 18.2 Å². The number of nitrogens with one attached hydrogen (secondary N) is 2. The molecule has 24 heavy (non-hydrogen) atoms. The highest BCUT2D eigenvalue weighted by Gasteiger charge is 2.25. The van der Waals surface area contributed by atoms with Gasteiger partial charge < -0.3 is 20.1 Å². The minimum atomic E-state index is -0.565. The van der Waals surface area contributed by atoms with Crippen LogP contribution in [0.5, 0.6) is 0 Å². The molecule has 0 aliphatic carbocycles. The second-order valence-corrected chi connectivity index (χ2v) is 6.71. The lowest BCUT2D eigenvalue weighted by Crippen LogP contribution is -2.30. The summed E-state index contributed by atoms with van der Waals surface area (Å²) in [7, 11) is 2.97. The zero-order valence-corrected chi connectivity index (χ0v) is 15.5. The van der Waals surface area contributed by atoms with E-state index in [4.69, 9.17) is 9.47 Å². The molecule has 0 aromatic heterocycles. The molecule has 2 amide bonds. The summed E-state index contributed by atoms with van der Waals surface area (Å²) in [5.41, 5.74) is 1.86. The molecule has 1 aromatic carbocycles. The number of amides is 2. The van der Waals surface area contributed by atoms with Crippen molar-refractivity contribution in [3.63, 3.8) is 0 Å². The average molecular weight is 336 g/mol. The van der Waals surface area contributed by atoms with Crippen LogP contribution >= 0.6 is 0 Å². The number of hydrogen-bond donors (Lipinski definition) is 2. The number of hydrogen-bond acceptors (Lipinski definition) is 4. The molecular formula is C18H28N2O4. The summed E-state index contributed by atoms with van der Waals surface area (Å²) < 4.78 is 10.1. The normalized spacial score (nSPS) is 14.0. The Morgan fingerprint density at radius 1 is 0.917 bits per heavy atom. The lowest BCUT2D eigenvalue weighted by Gasteiger charge is -2.27. The molecule has 0 fully saturated rings. The van der Waals surface area contributed by atoms with Crippen molar-refractivity contribution in [2.24, 2.45) is 0 Å². The maximum absolute atomic E-state index is 12.2. The fraction of sp³-hybridized carbons (Fsp3) is 0.556. The van der Waals surface area contributed by atoms with Crippen molar-refractivity contribution in [2.75, 3.05) is 24.9 Å².